The number of hydrogen-bond acceptors (Lipinski definition) is 4. The largest absolute Gasteiger partial charge is 0.772 e. The zero-order valence-corrected chi connectivity index (χ0v) is 8.12. The molecule has 1 aromatic rings. The van der Waals surface area contributed by atoms with E-state index in [4.69, 9.17) is 0 Å². The fourth-order valence-corrected chi connectivity index (χ4v) is 1.12. The molecule has 0 radical (unpaired) electrons. The minimum absolute atomic E-state index is 0.0774. The van der Waals surface area contributed by atoms with Crippen molar-refractivity contribution in [3.63, 3.8) is 0 Å². The second-order valence-corrected chi connectivity index (χ2v) is 3.52. The standard InChI is InChI=1S/C8H10N2O3S/c11-8(10-4-5-14(12)13)7-2-1-3-9-6-7/h1-3,6H,4-5H2,(H,10,11)(H,12,13)/p-1. The van der Waals surface area contributed by atoms with E-state index in [2.05, 4.69) is 10.3 Å². The monoisotopic (exact) mass is 213 g/mol. The van der Waals surface area contributed by atoms with Crippen LogP contribution in [0.5, 0.6) is 0 Å². The Morgan fingerprint density at radius 1 is 1.64 bits per heavy atom. The van der Waals surface area contributed by atoms with Crippen LogP contribution in [0.2, 0.25) is 0 Å². The summed E-state index contributed by atoms with van der Waals surface area (Å²) in [5.41, 5.74) is 0.421. The Morgan fingerprint density at radius 2 is 2.43 bits per heavy atom. The Morgan fingerprint density at radius 3 is 3.00 bits per heavy atom. The van der Waals surface area contributed by atoms with Gasteiger partial charge in [0.15, 0.2) is 0 Å². The minimum Gasteiger partial charge on any atom is -0.772 e. The van der Waals surface area contributed by atoms with E-state index in [1.165, 1.54) is 6.20 Å². The molecule has 76 valence electrons. The second-order valence-electron chi connectivity index (χ2n) is 2.51. The number of carbonyl (C=O) groups is 1. The molecular weight excluding hydrogens is 204 g/mol. The van der Waals surface area contributed by atoms with Crippen LogP contribution in [0.15, 0.2) is 24.5 Å². The molecule has 0 aromatic carbocycles. The van der Waals surface area contributed by atoms with Crippen LogP contribution in [0.3, 0.4) is 0 Å². The number of hydrogen-bond donors (Lipinski definition) is 1. The van der Waals surface area contributed by atoms with Gasteiger partial charge >= 0.3 is 0 Å². The summed E-state index contributed by atoms with van der Waals surface area (Å²) < 4.78 is 20.3. The quantitative estimate of drug-likeness (QED) is 0.695. The topological polar surface area (TPSA) is 82.1 Å². The van der Waals surface area contributed by atoms with Gasteiger partial charge in [0.2, 0.25) is 0 Å². The van der Waals surface area contributed by atoms with E-state index in [0.717, 1.165) is 0 Å². The van der Waals surface area contributed by atoms with Gasteiger partial charge < -0.3 is 9.87 Å². The van der Waals surface area contributed by atoms with Crippen molar-refractivity contribution in [2.24, 2.45) is 0 Å². The van der Waals surface area contributed by atoms with Crippen LogP contribution in [0.4, 0.5) is 0 Å². The first kappa shape index (κ1) is 10.8. The van der Waals surface area contributed by atoms with Crippen molar-refractivity contribution in [2.45, 2.75) is 0 Å². The van der Waals surface area contributed by atoms with Crippen molar-refractivity contribution in [3.05, 3.63) is 30.1 Å². The predicted octanol–water partition coefficient (Wildman–Crippen LogP) is -0.310. The van der Waals surface area contributed by atoms with Crippen LogP contribution in [0.25, 0.3) is 0 Å². The summed E-state index contributed by atoms with van der Waals surface area (Å²) in [5.74, 6) is -0.394. The number of nitrogens with zero attached hydrogens (tertiary/aromatic N) is 1. The summed E-state index contributed by atoms with van der Waals surface area (Å²) in [6, 6.07) is 3.25. The third-order valence-electron chi connectivity index (χ3n) is 1.48. The molecule has 14 heavy (non-hydrogen) atoms. The summed E-state index contributed by atoms with van der Waals surface area (Å²) in [5, 5.41) is 2.46. The third kappa shape index (κ3) is 3.63. The third-order valence-corrected chi connectivity index (χ3v) is 2.02. The maximum absolute atomic E-state index is 11.3. The van der Waals surface area contributed by atoms with Gasteiger partial charge in [-0.25, -0.2) is 0 Å². The van der Waals surface area contributed by atoms with Gasteiger partial charge in [-0.1, -0.05) is 11.1 Å². The Bertz CT molecular complexity index is 329. The Balaban J connectivity index is 2.40. The van der Waals surface area contributed by atoms with E-state index in [0.29, 0.717) is 5.56 Å². The normalized spacial score (nSPS) is 12.1. The highest BCUT2D eigenvalue weighted by atomic mass is 32.2. The highest BCUT2D eigenvalue weighted by molar-refractivity contribution is 7.79. The molecule has 0 fully saturated rings. The van der Waals surface area contributed by atoms with E-state index in [1.54, 1.807) is 18.3 Å². The summed E-state index contributed by atoms with van der Waals surface area (Å²) in [4.78, 5) is 15.0. The zero-order chi connectivity index (χ0) is 10.4. The Kier molecular flexibility index (Phi) is 4.21. The lowest BCUT2D eigenvalue weighted by molar-refractivity contribution is 0.0956. The number of rotatable bonds is 4. The van der Waals surface area contributed by atoms with E-state index in [-0.39, 0.29) is 18.2 Å². The first-order valence-electron chi connectivity index (χ1n) is 3.94. The van der Waals surface area contributed by atoms with Gasteiger partial charge in [-0.05, 0) is 12.1 Å². The fourth-order valence-electron chi connectivity index (χ4n) is 0.847. The molecular formula is C8H9N2O3S-. The minimum atomic E-state index is -2.12. The van der Waals surface area contributed by atoms with Crippen LogP contribution >= 0.6 is 0 Å². The number of amides is 1. The second kappa shape index (κ2) is 5.46. The molecule has 0 spiro atoms. The molecule has 1 unspecified atom stereocenters. The van der Waals surface area contributed by atoms with Gasteiger partial charge in [0.25, 0.3) is 5.91 Å². The van der Waals surface area contributed by atoms with Crippen molar-refractivity contribution in [1.29, 1.82) is 0 Å². The molecule has 0 bridgehead atoms. The van der Waals surface area contributed by atoms with Crippen molar-refractivity contribution in [3.8, 4) is 0 Å². The number of aromatic nitrogens is 1. The first-order valence-corrected chi connectivity index (χ1v) is 5.18. The molecule has 5 nitrogen and oxygen atoms in total. The van der Waals surface area contributed by atoms with Crippen LogP contribution in [-0.4, -0.2) is 32.0 Å². The maximum Gasteiger partial charge on any atom is 0.252 e. The molecule has 1 N–H and O–H groups in total. The van der Waals surface area contributed by atoms with E-state index >= 15 is 0 Å². The van der Waals surface area contributed by atoms with Gasteiger partial charge in [0.05, 0.1) is 5.56 Å². The molecule has 1 heterocycles. The van der Waals surface area contributed by atoms with Crippen molar-refractivity contribution in [2.75, 3.05) is 12.3 Å². The lowest BCUT2D eigenvalue weighted by Gasteiger charge is -2.06. The average Bonchev–Trinajstić information content (AvgIpc) is 2.18. The molecule has 0 aliphatic carbocycles. The Hall–Kier alpha value is -1.27. The highest BCUT2D eigenvalue weighted by Crippen LogP contribution is 1.94. The Labute approximate surface area is 83.8 Å². The molecule has 6 heteroatoms. The van der Waals surface area contributed by atoms with E-state index < -0.39 is 11.1 Å². The van der Waals surface area contributed by atoms with Gasteiger partial charge in [-0.15, -0.1) is 0 Å². The predicted molar refractivity (Wildman–Crippen MR) is 50.4 cm³/mol. The zero-order valence-electron chi connectivity index (χ0n) is 7.30. The lowest BCUT2D eigenvalue weighted by atomic mass is 10.3. The molecule has 1 amide bonds. The number of carbonyl (C=O) groups excluding carboxylic acids is 1. The van der Waals surface area contributed by atoms with E-state index in [1.807, 2.05) is 0 Å². The number of nitrogens with one attached hydrogen (secondary N) is 1. The van der Waals surface area contributed by atoms with Crippen LogP contribution in [0, 0.1) is 0 Å². The summed E-state index contributed by atoms with van der Waals surface area (Å²) in [6.07, 6.45) is 2.98. The van der Waals surface area contributed by atoms with Gasteiger partial charge in [-0.2, -0.15) is 0 Å². The van der Waals surface area contributed by atoms with Gasteiger partial charge in [0, 0.05) is 24.7 Å². The van der Waals surface area contributed by atoms with Gasteiger partial charge in [-0.3, -0.25) is 14.0 Å². The van der Waals surface area contributed by atoms with Crippen molar-refractivity contribution < 1.29 is 13.6 Å². The maximum atomic E-state index is 11.3. The lowest BCUT2D eigenvalue weighted by Crippen LogP contribution is -2.27. The van der Waals surface area contributed by atoms with Crippen LogP contribution < -0.4 is 5.32 Å². The first-order chi connectivity index (χ1) is 6.70. The number of pyridine rings is 1. The molecule has 1 atom stereocenters. The summed E-state index contributed by atoms with van der Waals surface area (Å²) >= 11 is -2.12. The highest BCUT2D eigenvalue weighted by Gasteiger charge is 2.02. The summed E-state index contributed by atoms with van der Waals surface area (Å²) in [6.45, 7) is 0.115. The molecule has 0 aliphatic heterocycles. The smallest absolute Gasteiger partial charge is 0.252 e. The molecule has 0 saturated carbocycles. The molecule has 0 aliphatic rings. The van der Waals surface area contributed by atoms with Crippen molar-refractivity contribution in [1.82, 2.24) is 10.3 Å². The average molecular weight is 213 g/mol. The molecule has 0 saturated heterocycles. The van der Waals surface area contributed by atoms with Crippen molar-refractivity contribution >= 4 is 17.0 Å². The fraction of sp³-hybridized carbons (Fsp3) is 0.250. The van der Waals surface area contributed by atoms with Crippen LogP contribution in [0.1, 0.15) is 10.4 Å². The molecule has 1 rings (SSSR count). The van der Waals surface area contributed by atoms with E-state index in [9.17, 15) is 13.6 Å². The van der Waals surface area contributed by atoms with Gasteiger partial charge in [0.1, 0.15) is 0 Å². The summed E-state index contributed by atoms with van der Waals surface area (Å²) in [7, 11) is 0. The molecule has 1 aromatic heterocycles. The van der Waals surface area contributed by atoms with Crippen LogP contribution in [-0.2, 0) is 11.1 Å². The SMILES string of the molecule is O=C(NCCS(=O)[O-])c1cccnc1.